The van der Waals surface area contributed by atoms with E-state index in [1.807, 2.05) is 44.2 Å². The first kappa shape index (κ1) is 33.0. The van der Waals surface area contributed by atoms with Crippen molar-refractivity contribution in [3.8, 4) is 17.1 Å². The minimum Gasteiger partial charge on any atom is -0.496 e. The summed E-state index contributed by atoms with van der Waals surface area (Å²) < 4.78 is 18.8. The Morgan fingerprint density at radius 3 is 2.48 bits per heavy atom. The summed E-state index contributed by atoms with van der Waals surface area (Å²) in [5.41, 5.74) is 5.41. The number of hydrogen-bond donors (Lipinski definition) is 0. The van der Waals surface area contributed by atoms with Crippen molar-refractivity contribution < 1.29 is 19.0 Å². The van der Waals surface area contributed by atoms with E-state index in [1.54, 1.807) is 18.7 Å². The average molecular weight is 624 g/mol. The summed E-state index contributed by atoms with van der Waals surface area (Å²) in [5, 5.41) is 5.36. The number of fused-ring (bicyclic) bond motifs is 1. The largest absolute Gasteiger partial charge is 0.496 e. The molecule has 1 aliphatic rings. The van der Waals surface area contributed by atoms with Crippen LogP contribution in [0.1, 0.15) is 67.6 Å². The zero-order valence-corrected chi connectivity index (χ0v) is 28.3. The predicted octanol–water partition coefficient (Wildman–Crippen LogP) is 6.82. The van der Waals surface area contributed by atoms with Crippen LogP contribution < -0.4 is 15.0 Å². The number of rotatable bonds is 10. The molecule has 2 unspecified atom stereocenters. The summed E-state index contributed by atoms with van der Waals surface area (Å²) in [6.45, 7) is 23.2. The highest BCUT2D eigenvalue weighted by molar-refractivity contribution is 6.03. The van der Waals surface area contributed by atoms with Gasteiger partial charge < -0.3 is 19.1 Å². The lowest BCUT2D eigenvalue weighted by Crippen LogP contribution is -2.37. The van der Waals surface area contributed by atoms with Gasteiger partial charge >= 0.3 is 5.97 Å². The number of anilines is 1. The minimum atomic E-state index is -0.534. The molecule has 0 spiro atoms. The van der Waals surface area contributed by atoms with Crippen molar-refractivity contribution in [1.82, 2.24) is 14.6 Å². The Labute approximate surface area is 272 Å². The quantitative estimate of drug-likeness (QED) is 0.142. The lowest BCUT2D eigenvalue weighted by atomic mass is 9.75. The standard InChI is InChI=1S/C37H45N5O4/c1-10-41(15-16-44-8)28-13-12-27(24(4)20-28)21-30-33(38-7)32(37(43)46-34-25(5)17-23(3)18-26(34)6)36-39-35(40-42(30)36)29-19-22(2)11-14-31(29)45-9/h11-14,19-21,23,25-26,34H,10,15-18H2,1-6,8-9H3/b30-21+. The van der Waals surface area contributed by atoms with E-state index in [1.165, 1.54) is 0 Å². The van der Waals surface area contributed by atoms with E-state index >= 15 is 0 Å². The van der Waals surface area contributed by atoms with Gasteiger partial charge in [0, 0.05) is 25.9 Å². The molecule has 0 bridgehead atoms. The van der Waals surface area contributed by atoms with Gasteiger partial charge in [-0.25, -0.2) is 19.1 Å². The molecule has 4 aromatic rings. The van der Waals surface area contributed by atoms with Crippen LogP contribution in [0.2, 0.25) is 0 Å². The molecule has 0 radical (unpaired) electrons. The van der Waals surface area contributed by atoms with Crippen molar-refractivity contribution in [3.05, 3.63) is 75.4 Å². The maximum Gasteiger partial charge on any atom is 0.331 e. The first-order valence-corrected chi connectivity index (χ1v) is 16.1. The molecule has 9 nitrogen and oxygen atoms in total. The fourth-order valence-electron chi connectivity index (χ4n) is 6.96. The summed E-state index contributed by atoms with van der Waals surface area (Å²) in [6, 6.07) is 12.1. The van der Waals surface area contributed by atoms with Crippen LogP contribution in [0.15, 0.2) is 36.4 Å². The number of benzene rings is 2. The Morgan fingerprint density at radius 2 is 1.85 bits per heavy atom. The molecule has 9 heteroatoms. The van der Waals surface area contributed by atoms with Gasteiger partial charge in [-0.3, -0.25) is 0 Å². The zero-order chi connectivity index (χ0) is 33.1. The Morgan fingerprint density at radius 1 is 1.11 bits per heavy atom. The van der Waals surface area contributed by atoms with Crippen molar-refractivity contribution in [2.24, 2.45) is 17.8 Å². The van der Waals surface area contributed by atoms with E-state index in [0.29, 0.717) is 40.7 Å². The third-order valence-corrected chi connectivity index (χ3v) is 9.22. The van der Waals surface area contributed by atoms with Gasteiger partial charge in [0.05, 0.1) is 31.2 Å². The first-order valence-electron chi connectivity index (χ1n) is 16.1. The normalized spacial score (nSPS) is 20.1. The maximum absolute atomic E-state index is 14.1. The van der Waals surface area contributed by atoms with Crippen molar-refractivity contribution >= 4 is 29.1 Å². The van der Waals surface area contributed by atoms with Gasteiger partial charge in [0.2, 0.25) is 5.69 Å². The summed E-state index contributed by atoms with van der Waals surface area (Å²) in [5.74, 6) is 1.51. The van der Waals surface area contributed by atoms with E-state index in [4.69, 9.17) is 30.9 Å². The molecule has 0 amide bonds. The van der Waals surface area contributed by atoms with Crippen molar-refractivity contribution in [3.63, 3.8) is 0 Å². The molecule has 2 atom stereocenters. The van der Waals surface area contributed by atoms with Crippen LogP contribution in [-0.4, -0.2) is 60.6 Å². The zero-order valence-electron chi connectivity index (χ0n) is 28.3. The molecule has 2 aromatic carbocycles. The summed E-state index contributed by atoms with van der Waals surface area (Å²) >= 11 is 0. The number of ether oxygens (including phenoxy) is 3. The first-order chi connectivity index (χ1) is 22.1. The SMILES string of the molecule is [C-]#[N+]c1c(C(=O)OC2C(C)CC(C)CC2C)c2nc(-c3cc(C)ccc3OC)nn2/c1=C/c1ccc(N(CC)CCOC)cc1C. The van der Waals surface area contributed by atoms with E-state index < -0.39 is 5.97 Å². The molecule has 1 aliphatic carbocycles. The van der Waals surface area contributed by atoms with E-state index in [0.717, 1.165) is 48.3 Å². The second kappa shape index (κ2) is 13.9. The molecule has 2 aromatic heterocycles. The summed E-state index contributed by atoms with van der Waals surface area (Å²) in [4.78, 5) is 25.1. The van der Waals surface area contributed by atoms with Gasteiger partial charge in [0.1, 0.15) is 17.4 Å². The highest BCUT2D eigenvalue weighted by atomic mass is 16.5. The number of methoxy groups -OCH3 is 2. The van der Waals surface area contributed by atoms with E-state index in [2.05, 4.69) is 49.6 Å². The molecule has 0 saturated heterocycles. The Bertz CT molecular complexity index is 1810. The Kier molecular flexibility index (Phi) is 9.97. The van der Waals surface area contributed by atoms with Crippen LogP contribution in [0.25, 0.3) is 28.0 Å². The van der Waals surface area contributed by atoms with Gasteiger partial charge in [-0.1, -0.05) is 38.5 Å². The third kappa shape index (κ3) is 6.45. The van der Waals surface area contributed by atoms with Gasteiger partial charge in [0.25, 0.3) is 0 Å². The summed E-state index contributed by atoms with van der Waals surface area (Å²) in [7, 11) is 3.32. The van der Waals surface area contributed by atoms with Crippen LogP contribution in [0.4, 0.5) is 11.4 Å². The smallest absolute Gasteiger partial charge is 0.331 e. The van der Waals surface area contributed by atoms with Crippen LogP contribution >= 0.6 is 0 Å². The molecule has 0 N–H and O–H groups in total. The molecule has 0 aliphatic heterocycles. The molecule has 2 heterocycles. The lowest BCUT2D eigenvalue weighted by Gasteiger charge is -2.37. The minimum absolute atomic E-state index is 0.149. The highest BCUT2D eigenvalue weighted by Crippen LogP contribution is 2.37. The molecular weight excluding hydrogens is 578 g/mol. The highest BCUT2D eigenvalue weighted by Gasteiger charge is 2.36. The number of aromatic nitrogens is 3. The number of esters is 1. The lowest BCUT2D eigenvalue weighted by molar-refractivity contribution is -0.0249. The van der Waals surface area contributed by atoms with Crippen LogP contribution in [0, 0.1) is 38.2 Å². The molecular formula is C37H45N5O4. The number of nitrogens with zero attached hydrogens (tertiary/aromatic N) is 5. The van der Waals surface area contributed by atoms with E-state index in [9.17, 15) is 4.79 Å². The van der Waals surface area contributed by atoms with Crippen LogP contribution in [0.5, 0.6) is 5.75 Å². The second-order valence-corrected chi connectivity index (χ2v) is 12.8. The van der Waals surface area contributed by atoms with Crippen LogP contribution in [0.3, 0.4) is 0 Å². The third-order valence-electron chi connectivity index (χ3n) is 9.22. The molecule has 1 saturated carbocycles. The topological polar surface area (TPSA) is 82.5 Å². The van der Waals surface area contributed by atoms with Gasteiger partial charge in [-0.2, -0.15) is 0 Å². The van der Waals surface area contributed by atoms with Gasteiger partial charge in [-0.15, -0.1) is 5.10 Å². The fourth-order valence-corrected chi connectivity index (χ4v) is 6.96. The van der Waals surface area contributed by atoms with Gasteiger partial charge in [0.15, 0.2) is 11.5 Å². The monoisotopic (exact) mass is 623 g/mol. The fraction of sp³-hybridized carbons (Fsp3) is 0.459. The molecule has 5 rings (SSSR count). The van der Waals surface area contributed by atoms with Gasteiger partial charge in [-0.05, 0) is 92.8 Å². The Balaban J connectivity index is 1.68. The Hall–Kier alpha value is -4.42. The number of likely N-dealkylation sites (N-methyl/N-ethyl adjacent to an activating group) is 1. The van der Waals surface area contributed by atoms with Crippen molar-refractivity contribution in [2.75, 3.05) is 38.8 Å². The second-order valence-electron chi connectivity index (χ2n) is 12.8. The summed E-state index contributed by atoms with van der Waals surface area (Å²) in [6.07, 6.45) is 3.66. The average Bonchev–Trinajstić information content (AvgIpc) is 3.57. The van der Waals surface area contributed by atoms with E-state index in [-0.39, 0.29) is 29.2 Å². The number of carbonyl (C=O) groups is 1. The molecule has 1 fully saturated rings. The van der Waals surface area contributed by atoms with Crippen LogP contribution in [-0.2, 0) is 9.47 Å². The van der Waals surface area contributed by atoms with Crippen molar-refractivity contribution in [2.45, 2.75) is 60.5 Å². The molecule has 46 heavy (non-hydrogen) atoms. The number of carbonyl (C=O) groups excluding carboxylic acids is 1. The number of aryl methyl sites for hydroxylation is 2. The predicted molar refractivity (Wildman–Crippen MR) is 182 cm³/mol. The van der Waals surface area contributed by atoms with Crippen molar-refractivity contribution in [1.29, 1.82) is 0 Å². The maximum atomic E-state index is 14.1. The number of hydrogen-bond acceptors (Lipinski definition) is 7. The molecule has 242 valence electrons.